The van der Waals surface area contributed by atoms with Gasteiger partial charge in [-0.05, 0) is 66.2 Å². The van der Waals surface area contributed by atoms with Gasteiger partial charge in [0.1, 0.15) is 0 Å². The third-order valence-electron chi connectivity index (χ3n) is 5.47. The SMILES string of the molecule is CN(CCO)c1ccc(/C=C/C(=O)c2ccc(NC(=O)c3cc(C(F)(F)F)cc(C(F)(F)F)c3)cc2)cc1. The number of hydrogen-bond acceptors (Lipinski definition) is 4. The normalized spacial score (nSPS) is 12.0. The number of aliphatic hydroxyl groups is 1. The summed E-state index contributed by atoms with van der Waals surface area (Å²) >= 11 is 0. The van der Waals surface area contributed by atoms with Gasteiger partial charge in [-0.3, -0.25) is 9.59 Å². The zero-order chi connectivity index (χ0) is 28.1. The summed E-state index contributed by atoms with van der Waals surface area (Å²) in [5.74, 6) is -1.54. The van der Waals surface area contributed by atoms with Crippen LogP contribution in [0.25, 0.3) is 6.08 Å². The Morgan fingerprint density at radius 2 is 1.39 bits per heavy atom. The number of benzene rings is 3. The van der Waals surface area contributed by atoms with Gasteiger partial charge in [-0.15, -0.1) is 0 Å². The molecule has 11 heteroatoms. The third kappa shape index (κ3) is 7.45. The summed E-state index contributed by atoms with van der Waals surface area (Å²) in [6.07, 6.45) is -7.23. The van der Waals surface area contributed by atoms with Crippen molar-refractivity contribution in [2.45, 2.75) is 12.4 Å². The summed E-state index contributed by atoms with van der Waals surface area (Å²) in [6, 6.07) is 13.2. The van der Waals surface area contributed by atoms with E-state index in [2.05, 4.69) is 5.32 Å². The third-order valence-corrected chi connectivity index (χ3v) is 5.47. The van der Waals surface area contributed by atoms with Gasteiger partial charge < -0.3 is 15.3 Å². The molecule has 3 aromatic rings. The van der Waals surface area contributed by atoms with Gasteiger partial charge in [0.25, 0.3) is 5.91 Å². The zero-order valence-corrected chi connectivity index (χ0v) is 19.9. The Hall–Kier alpha value is -4.12. The summed E-state index contributed by atoms with van der Waals surface area (Å²) in [5.41, 5.74) is -2.05. The van der Waals surface area contributed by atoms with E-state index in [-0.39, 0.29) is 29.7 Å². The highest BCUT2D eigenvalue weighted by Gasteiger charge is 2.37. The van der Waals surface area contributed by atoms with Crippen molar-refractivity contribution in [2.24, 2.45) is 0 Å². The highest BCUT2D eigenvalue weighted by Crippen LogP contribution is 2.36. The summed E-state index contributed by atoms with van der Waals surface area (Å²) in [4.78, 5) is 26.7. The minimum atomic E-state index is -5.08. The molecule has 3 aromatic carbocycles. The van der Waals surface area contributed by atoms with E-state index >= 15 is 0 Å². The van der Waals surface area contributed by atoms with E-state index in [0.717, 1.165) is 11.3 Å². The van der Waals surface area contributed by atoms with E-state index < -0.39 is 35.0 Å². The van der Waals surface area contributed by atoms with Crippen molar-refractivity contribution in [1.82, 2.24) is 0 Å². The van der Waals surface area contributed by atoms with Crippen LogP contribution in [0.3, 0.4) is 0 Å². The molecule has 5 nitrogen and oxygen atoms in total. The lowest BCUT2D eigenvalue weighted by atomic mass is 10.0. The Kier molecular flexibility index (Phi) is 8.62. The second kappa shape index (κ2) is 11.5. The number of amides is 1. The quantitative estimate of drug-likeness (QED) is 0.201. The van der Waals surface area contributed by atoms with Gasteiger partial charge in [-0.2, -0.15) is 26.3 Å². The van der Waals surface area contributed by atoms with Gasteiger partial charge in [0, 0.05) is 36.1 Å². The lowest BCUT2D eigenvalue weighted by Gasteiger charge is -2.17. The lowest BCUT2D eigenvalue weighted by Crippen LogP contribution is -2.20. The Balaban J connectivity index is 1.70. The molecule has 0 spiro atoms. The van der Waals surface area contributed by atoms with E-state index in [4.69, 9.17) is 5.11 Å². The number of rotatable bonds is 8. The zero-order valence-electron chi connectivity index (χ0n) is 19.9. The minimum Gasteiger partial charge on any atom is -0.395 e. The highest BCUT2D eigenvalue weighted by atomic mass is 19.4. The van der Waals surface area contributed by atoms with Crippen molar-refractivity contribution >= 4 is 29.1 Å². The number of aliphatic hydroxyl groups excluding tert-OH is 1. The van der Waals surface area contributed by atoms with Crippen LogP contribution in [0.4, 0.5) is 37.7 Å². The molecule has 0 aliphatic rings. The van der Waals surface area contributed by atoms with Gasteiger partial charge in [-0.25, -0.2) is 0 Å². The molecule has 0 aliphatic carbocycles. The molecule has 0 unspecified atom stereocenters. The largest absolute Gasteiger partial charge is 0.416 e. The molecule has 0 saturated heterocycles. The van der Waals surface area contributed by atoms with Crippen molar-refractivity contribution in [3.05, 3.63) is 101 Å². The number of carbonyl (C=O) groups is 2. The first-order valence-electron chi connectivity index (χ1n) is 11.1. The lowest BCUT2D eigenvalue weighted by molar-refractivity contribution is -0.143. The monoisotopic (exact) mass is 536 g/mol. The molecule has 2 N–H and O–H groups in total. The van der Waals surface area contributed by atoms with Crippen LogP contribution in [0.15, 0.2) is 72.8 Å². The van der Waals surface area contributed by atoms with Crippen LogP contribution >= 0.6 is 0 Å². The van der Waals surface area contributed by atoms with Crippen LogP contribution < -0.4 is 10.2 Å². The smallest absolute Gasteiger partial charge is 0.395 e. The highest BCUT2D eigenvalue weighted by molar-refractivity contribution is 6.08. The number of alkyl halides is 6. The maximum absolute atomic E-state index is 13.0. The van der Waals surface area contributed by atoms with Crippen LogP contribution in [0.2, 0.25) is 0 Å². The maximum Gasteiger partial charge on any atom is 0.416 e. The Morgan fingerprint density at radius 1 is 0.842 bits per heavy atom. The van der Waals surface area contributed by atoms with Crippen LogP contribution in [0, 0.1) is 0 Å². The van der Waals surface area contributed by atoms with Gasteiger partial charge in [0.05, 0.1) is 17.7 Å². The molecular weight excluding hydrogens is 514 g/mol. The van der Waals surface area contributed by atoms with Gasteiger partial charge in [0.2, 0.25) is 0 Å². The van der Waals surface area contributed by atoms with Gasteiger partial charge in [0.15, 0.2) is 5.78 Å². The molecule has 0 saturated carbocycles. The minimum absolute atomic E-state index is 0.0133. The molecule has 0 radical (unpaired) electrons. The topological polar surface area (TPSA) is 69.6 Å². The molecule has 0 aromatic heterocycles. The number of hydrogen-bond donors (Lipinski definition) is 2. The molecule has 0 aliphatic heterocycles. The van der Waals surface area contributed by atoms with Crippen LogP contribution in [-0.2, 0) is 12.4 Å². The number of halogens is 6. The first-order chi connectivity index (χ1) is 17.8. The number of nitrogens with one attached hydrogen (secondary N) is 1. The average molecular weight is 536 g/mol. The van der Waals surface area contributed by atoms with Crippen LogP contribution in [-0.4, -0.2) is 37.0 Å². The first-order valence-corrected chi connectivity index (χ1v) is 11.1. The van der Waals surface area contributed by atoms with Gasteiger partial charge >= 0.3 is 12.4 Å². The number of carbonyl (C=O) groups excluding carboxylic acids is 2. The van der Waals surface area contributed by atoms with Crippen LogP contribution in [0.1, 0.15) is 37.4 Å². The second-order valence-electron chi connectivity index (χ2n) is 8.26. The van der Waals surface area contributed by atoms with Crippen LogP contribution in [0.5, 0.6) is 0 Å². The summed E-state index contributed by atoms with van der Waals surface area (Å²) in [5, 5.41) is 11.2. The molecule has 38 heavy (non-hydrogen) atoms. The number of allylic oxidation sites excluding steroid dienone is 1. The van der Waals surface area contributed by atoms with Crippen molar-refractivity contribution in [3.63, 3.8) is 0 Å². The van der Waals surface area contributed by atoms with E-state index in [9.17, 15) is 35.9 Å². The Bertz CT molecular complexity index is 1280. The molecule has 1 amide bonds. The number of likely N-dealkylation sites (N-methyl/N-ethyl adjacent to an activating group) is 1. The molecular formula is C27H22F6N2O3. The fourth-order valence-corrected chi connectivity index (χ4v) is 3.39. The summed E-state index contributed by atoms with van der Waals surface area (Å²) in [7, 11) is 1.83. The van der Waals surface area contributed by atoms with Gasteiger partial charge in [-0.1, -0.05) is 18.2 Å². The first kappa shape index (κ1) is 28.5. The average Bonchev–Trinajstić information content (AvgIpc) is 2.87. The fraction of sp³-hybridized carbons (Fsp3) is 0.185. The molecule has 200 valence electrons. The number of ketones is 1. The van der Waals surface area contributed by atoms with Crippen molar-refractivity contribution < 1.29 is 41.0 Å². The maximum atomic E-state index is 13.0. The van der Waals surface area contributed by atoms with E-state index in [1.807, 2.05) is 24.1 Å². The van der Waals surface area contributed by atoms with Crippen molar-refractivity contribution in [2.75, 3.05) is 30.4 Å². The predicted molar refractivity (Wildman–Crippen MR) is 131 cm³/mol. The predicted octanol–water partition coefficient (Wildman–Crippen LogP) is 6.30. The molecule has 0 bridgehead atoms. The summed E-state index contributed by atoms with van der Waals surface area (Å²) in [6.45, 7) is 0.484. The fourth-order valence-electron chi connectivity index (χ4n) is 3.39. The number of nitrogens with zero attached hydrogens (tertiary/aromatic N) is 1. The molecule has 3 rings (SSSR count). The number of anilines is 2. The van der Waals surface area contributed by atoms with Crippen molar-refractivity contribution in [3.8, 4) is 0 Å². The standard InChI is InChI=1S/C27H22F6N2O3/c1-35(12-13-36)23-9-2-17(3-10-23)4-11-24(37)18-5-7-22(8-6-18)34-25(38)19-14-20(26(28,29)30)16-21(15-19)27(31,32)33/h2-11,14-16,36H,12-13H2,1H3,(H,34,38)/b11-4+. The van der Waals surface area contributed by atoms with E-state index in [1.165, 1.54) is 30.3 Å². The van der Waals surface area contributed by atoms with Crippen molar-refractivity contribution in [1.29, 1.82) is 0 Å². The Morgan fingerprint density at radius 3 is 1.89 bits per heavy atom. The summed E-state index contributed by atoms with van der Waals surface area (Å²) < 4.78 is 78.3. The molecule has 0 fully saturated rings. The molecule has 0 atom stereocenters. The molecule has 0 heterocycles. The second-order valence-corrected chi connectivity index (χ2v) is 8.26. The Labute approximate surface area is 214 Å². The van der Waals surface area contributed by atoms with E-state index in [0.29, 0.717) is 18.7 Å². The van der Waals surface area contributed by atoms with E-state index in [1.54, 1.807) is 18.2 Å².